The highest BCUT2D eigenvalue weighted by Gasteiger charge is 2.18. The van der Waals surface area contributed by atoms with Gasteiger partial charge in [0, 0.05) is 16.5 Å². The predicted molar refractivity (Wildman–Crippen MR) is 109 cm³/mol. The van der Waals surface area contributed by atoms with Crippen LogP contribution in [0.1, 0.15) is 50.2 Å². The number of nitrogens with one attached hydrogen (secondary N) is 1. The predicted octanol–water partition coefficient (Wildman–Crippen LogP) is 6.42. The van der Waals surface area contributed by atoms with E-state index in [9.17, 15) is 4.39 Å². The van der Waals surface area contributed by atoms with Crippen molar-refractivity contribution in [1.82, 2.24) is 4.98 Å². The number of rotatable bonds is 7. The molecule has 2 nitrogen and oxygen atoms in total. The molecule has 0 aliphatic carbocycles. The number of H-pyrrole nitrogens is 1. The van der Waals surface area contributed by atoms with Gasteiger partial charge in [-0.1, -0.05) is 43.6 Å². The summed E-state index contributed by atoms with van der Waals surface area (Å²) in [6, 6.07) is 11.1. The Kier molecular flexibility index (Phi) is 6.00. The quantitative estimate of drug-likeness (QED) is 0.461. The Bertz CT molecular complexity index is 901. The normalized spacial score (nSPS) is 12.7. The minimum Gasteiger partial charge on any atom is -0.354 e. The van der Waals surface area contributed by atoms with Crippen LogP contribution < -0.4 is 5.73 Å². The molecule has 4 heteroatoms. The molecule has 3 aromatic rings. The molecule has 0 bridgehead atoms. The van der Waals surface area contributed by atoms with Crippen molar-refractivity contribution < 1.29 is 4.39 Å². The lowest BCUT2D eigenvalue weighted by atomic mass is 9.94. The van der Waals surface area contributed by atoms with Gasteiger partial charge in [-0.3, -0.25) is 0 Å². The summed E-state index contributed by atoms with van der Waals surface area (Å²) in [6.45, 7) is 5.13. The number of aryl methyl sites for hydroxylation is 1. The van der Waals surface area contributed by atoms with Crippen molar-refractivity contribution in [3.05, 3.63) is 58.4 Å². The van der Waals surface area contributed by atoms with E-state index in [1.807, 2.05) is 0 Å². The van der Waals surface area contributed by atoms with E-state index in [0.717, 1.165) is 36.9 Å². The van der Waals surface area contributed by atoms with Crippen LogP contribution in [0.5, 0.6) is 0 Å². The zero-order valence-electron chi connectivity index (χ0n) is 15.4. The average Bonchev–Trinajstić information content (AvgIpc) is 3.00. The minimum atomic E-state index is -0.320. The fraction of sp³-hybridized carbons (Fsp3) is 0.364. The van der Waals surface area contributed by atoms with Gasteiger partial charge in [-0.2, -0.15) is 0 Å². The van der Waals surface area contributed by atoms with E-state index >= 15 is 0 Å². The first-order chi connectivity index (χ1) is 12.6. The molecule has 138 valence electrons. The number of benzene rings is 2. The molecule has 0 radical (unpaired) electrons. The zero-order valence-corrected chi connectivity index (χ0v) is 16.2. The number of nitrogens with two attached hydrogens (primary N) is 1. The van der Waals surface area contributed by atoms with Crippen molar-refractivity contribution in [1.29, 1.82) is 0 Å². The van der Waals surface area contributed by atoms with E-state index in [1.54, 1.807) is 6.07 Å². The Balaban J connectivity index is 2.21. The maximum absolute atomic E-state index is 13.5. The lowest BCUT2D eigenvalue weighted by Crippen LogP contribution is -1.99. The van der Waals surface area contributed by atoms with E-state index in [0.29, 0.717) is 17.5 Å². The van der Waals surface area contributed by atoms with E-state index in [-0.39, 0.29) is 5.82 Å². The van der Waals surface area contributed by atoms with E-state index < -0.39 is 0 Å². The molecule has 0 saturated heterocycles. The number of unbranched alkanes of at least 4 members (excludes halogenated alkanes) is 1. The summed E-state index contributed by atoms with van der Waals surface area (Å²) in [5.74, 6) is 0.144. The van der Waals surface area contributed by atoms with Crippen LogP contribution in [0.15, 0.2) is 36.4 Å². The summed E-state index contributed by atoms with van der Waals surface area (Å²) in [7, 11) is 0. The van der Waals surface area contributed by atoms with Crippen molar-refractivity contribution >= 4 is 22.5 Å². The molecule has 0 fully saturated rings. The van der Waals surface area contributed by atoms with Crippen molar-refractivity contribution in [3.8, 4) is 11.3 Å². The van der Waals surface area contributed by atoms with Crippen molar-refractivity contribution in [3.63, 3.8) is 0 Å². The van der Waals surface area contributed by atoms with Gasteiger partial charge in [0.15, 0.2) is 0 Å². The Hall–Kier alpha value is -1.84. The van der Waals surface area contributed by atoms with Crippen LogP contribution in [0.2, 0.25) is 5.02 Å². The van der Waals surface area contributed by atoms with Crippen LogP contribution in [-0.4, -0.2) is 11.5 Å². The zero-order chi connectivity index (χ0) is 18.7. The molecule has 0 spiro atoms. The molecule has 1 heterocycles. The topological polar surface area (TPSA) is 41.8 Å². The summed E-state index contributed by atoms with van der Waals surface area (Å²) in [4.78, 5) is 3.61. The van der Waals surface area contributed by atoms with Crippen molar-refractivity contribution in [2.75, 3.05) is 6.54 Å². The summed E-state index contributed by atoms with van der Waals surface area (Å²) < 4.78 is 13.5. The van der Waals surface area contributed by atoms with Crippen LogP contribution in [0.3, 0.4) is 0 Å². The average molecular weight is 373 g/mol. The molecule has 0 aliphatic heterocycles. The van der Waals surface area contributed by atoms with E-state index in [2.05, 4.69) is 37.0 Å². The van der Waals surface area contributed by atoms with Crippen molar-refractivity contribution in [2.24, 2.45) is 5.73 Å². The maximum atomic E-state index is 13.5. The third-order valence-corrected chi connectivity index (χ3v) is 5.51. The lowest BCUT2D eigenvalue weighted by molar-refractivity contribution is 0.628. The van der Waals surface area contributed by atoms with Gasteiger partial charge in [-0.25, -0.2) is 4.39 Å². The van der Waals surface area contributed by atoms with Gasteiger partial charge >= 0.3 is 0 Å². The number of hydrogen-bond acceptors (Lipinski definition) is 1. The monoisotopic (exact) mass is 372 g/mol. The SMILES string of the molecule is CCC(C)c1cccc2c(CCCCN)c(-c3ccc(F)cc3Cl)[nH]c12. The number of fused-ring (bicyclic) bond motifs is 1. The first kappa shape index (κ1) is 18.9. The van der Waals surface area contributed by atoms with Crippen LogP contribution in [0, 0.1) is 5.82 Å². The van der Waals surface area contributed by atoms with Gasteiger partial charge in [-0.15, -0.1) is 0 Å². The van der Waals surface area contributed by atoms with Gasteiger partial charge in [-0.05, 0) is 67.5 Å². The van der Waals surface area contributed by atoms with Crippen LogP contribution in [-0.2, 0) is 6.42 Å². The molecule has 0 aliphatic rings. The molecule has 1 unspecified atom stereocenters. The highest BCUT2D eigenvalue weighted by molar-refractivity contribution is 6.33. The largest absolute Gasteiger partial charge is 0.354 e. The van der Waals surface area contributed by atoms with E-state index in [4.69, 9.17) is 17.3 Å². The molecular formula is C22H26ClFN2. The maximum Gasteiger partial charge on any atom is 0.124 e. The summed E-state index contributed by atoms with van der Waals surface area (Å²) >= 11 is 6.37. The molecule has 0 saturated carbocycles. The molecule has 2 aromatic carbocycles. The Morgan fingerprint density at radius 2 is 2.00 bits per heavy atom. The minimum absolute atomic E-state index is 0.320. The molecule has 3 rings (SSSR count). The van der Waals surface area contributed by atoms with Gasteiger partial charge in [0.2, 0.25) is 0 Å². The second-order valence-electron chi connectivity index (χ2n) is 6.93. The third kappa shape index (κ3) is 3.65. The fourth-order valence-electron chi connectivity index (χ4n) is 3.55. The van der Waals surface area contributed by atoms with Crippen LogP contribution in [0.4, 0.5) is 4.39 Å². The lowest BCUT2D eigenvalue weighted by Gasteiger charge is -2.10. The number of aromatic amines is 1. The molecule has 3 N–H and O–H groups in total. The first-order valence-electron chi connectivity index (χ1n) is 9.35. The molecule has 0 amide bonds. The van der Waals surface area contributed by atoms with Crippen molar-refractivity contribution in [2.45, 2.75) is 45.4 Å². The molecular weight excluding hydrogens is 347 g/mol. The second kappa shape index (κ2) is 8.24. The fourth-order valence-corrected chi connectivity index (χ4v) is 3.82. The van der Waals surface area contributed by atoms with Gasteiger partial charge in [0.25, 0.3) is 0 Å². The smallest absolute Gasteiger partial charge is 0.124 e. The number of halogens is 2. The number of aromatic nitrogens is 1. The first-order valence-corrected chi connectivity index (χ1v) is 9.73. The highest BCUT2D eigenvalue weighted by atomic mass is 35.5. The van der Waals surface area contributed by atoms with Gasteiger partial charge in [0.05, 0.1) is 10.7 Å². The molecule has 1 atom stereocenters. The van der Waals surface area contributed by atoms with Crippen LogP contribution in [0.25, 0.3) is 22.2 Å². The number of para-hydroxylation sites is 1. The summed E-state index contributed by atoms with van der Waals surface area (Å²) in [5.41, 5.74) is 11.3. The highest BCUT2D eigenvalue weighted by Crippen LogP contribution is 2.38. The standard InChI is InChI=1S/C22H26ClFN2/c1-3-14(2)16-8-6-9-18-17(7-4-5-12-25)22(26-21(16)18)19-11-10-15(24)13-20(19)23/h6,8-11,13-14,26H,3-5,7,12,25H2,1-2H3. The summed E-state index contributed by atoms with van der Waals surface area (Å²) in [6.07, 6.45) is 3.99. The Morgan fingerprint density at radius 1 is 1.19 bits per heavy atom. The Labute approximate surface area is 159 Å². The van der Waals surface area contributed by atoms with Crippen LogP contribution >= 0.6 is 11.6 Å². The Morgan fingerprint density at radius 3 is 2.69 bits per heavy atom. The molecule has 26 heavy (non-hydrogen) atoms. The summed E-state index contributed by atoms with van der Waals surface area (Å²) in [5, 5.41) is 1.66. The molecule has 1 aromatic heterocycles. The van der Waals surface area contributed by atoms with Gasteiger partial charge < -0.3 is 10.7 Å². The van der Waals surface area contributed by atoms with E-state index in [1.165, 1.54) is 34.2 Å². The van der Waals surface area contributed by atoms with Gasteiger partial charge in [0.1, 0.15) is 5.82 Å². The second-order valence-corrected chi connectivity index (χ2v) is 7.33. The number of hydrogen-bond donors (Lipinski definition) is 2. The third-order valence-electron chi connectivity index (χ3n) is 5.20.